The third-order valence-corrected chi connectivity index (χ3v) is 3.67. The van der Waals surface area contributed by atoms with Gasteiger partial charge >= 0.3 is 10.9 Å². The predicted octanol–water partition coefficient (Wildman–Crippen LogP) is 2.31. The molecule has 0 unspecified atom stereocenters. The SMILES string of the molecule is CCOC(=O)c1csc(-c2nsc(=O)o2)c1C. The van der Waals surface area contributed by atoms with Crippen LogP contribution < -0.4 is 4.94 Å². The van der Waals surface area contributed by atoms with E-state index in [0.29, 0.717) is 17.0 Å². The molecule has 2 aromatic heterocycles. The highest BCUT2D eigenvalue weighted by Gasteiger charge is 2.19. The van der Waals surface area contributed by atoms with Crippen LogP contribution in [-0.4, -0.2) is 16.9 Å². The van der Waals surface area contributed by atoms with Crippen molar-refractivity contribution in [2.75, 3.05) is 6.61 Å². The molecule has 0 saturated carbocycles. The van der Waals surface area contributed by atoms with E-state index in [4.69, 9.17) is 9.15 Å². The highest BCUT2D eigenvalue weighted by atomic mass is 32.1. The molecule has 2 aromatic rings. The van der Waals surface area contributed by atoms with Gasteiger partial charge in [0.25, 0.3) is 5.89 Å². The van der Waals surface area contributed by atoms with Gasteiger partial charge in [-0.25, -0.2) is 9.59 Å². The summed E-state index contributed by atoms with van der Waals surface area (Å²) in [5.74, 6) is -0.108. The number of esters is 1. The van der Waals surface area contributed by atoms with Gasteiger partial charge in [0.2, 0.25) is 0 Å². The van der Waals surface area contributed by atoms with Crippen LogP contribution in [-0.2, 0) is 4.74 Å². The maximum atomic E-state index is 11.6. The van der Waals surface area contributed by atoms with Crippen molar-refractivity contribution >= 4 is 28.8 Å². The lowest BCUT2D eigenvalue weighted by Gasteiger charge is -2.00. The van der Waals surface area contributed by atoms with Gasteiger partial charge < -0.3 is 9.15 Å². The van der Waals surface area contributed by atoms with Crippen LogP contribution in [0.25, 0.3) is 10.8 Å². The van der Waals surface area contributed by atoms with Crippen LogP contribution >= 0.6 is 22.9 Å². The van der Waals surface area contributed by atoms with Gasteiger partial charge in [-0.1, -0.05) is 0 Å². The molecular formula is C10H9NO4S2. The Kier molecular flexibility index (Phi) is 3.39. The Morgan fingerprint density at radius 3 is 2.94 bits per heavy atom. The first-order chi connectivity index (χ1) is 8.13. The Morgan fingerprint density at radius 2 is 2.35 bits per heavy atom. The zero-order chi connectivity index (χ0) is 12.4. The van der Waals surface area contributed by atoms with Crippen LogP contribution in [0.15, 0.2) is 14.6 Å². The lowest BCUT2D eigenvalue weighted by atomic mass is 10.2. The molecule has 0 aliphatic carbocycles. The summed E-state index contributed by atoms with van der Waals surface area (Å²) in [5.41, 5.74) is 1.21. The van der Waals surface area contributed by atoms with E-state index in [1.807, 2.05) is 0 Å². The Balaban J connectivity index is 2.39. The van der Waals surface area contributed by atoms with Gasteiger partial charge in [-0.15, -0.1) is 15.7 Å². The number of carbonyl (C=O) groups excluding carboxylic acids is 1. The second-order valence-electron chi connectivity index (χ2n) is 3.16. The van der Waals surface area contributed by atoms with E-state index in [1.54, 1.807) is 19.2 Å². The minimum Gasteiger partial charge on any atom is -0.462 e. The molecule has 0 atom stereocenters. The van der Waals surface area contributed by atoms with Crippen LogP contribution in [0.3, 0.4) is 0 Å². The molecule has 2 rings (SSSR count). The number of aromatic nitrogens is 1. The number of nitrogens with zero attached hydrogens (tertiary/aromatic N) is 1. The molecule has 0 bridgehead atoms. The standard InChI is InChI=1S/C10H9NO4S2/c1-3-14-9(12)6-4-16-7(5(6)2)8-11-17-10(13)15-8/h4H,3H2,1-2H3. The summed E-state index contributed by atoms with van der Waals surface area (Å²) in [4.78, 5) is 22.7. The van der Waals surface area contributed by atoms with Crippen molar-refractivity contribution in [3.05, 3.63) is 26.2 Å². The van der Waals surface area contributed by atoms with E-state index >= 15 is 0 Å². The molecule has 7 heteroatoms. The first-order valence-corrected chi connectivity index (χ1v) is 6.51. The number of carbonyl (C=O) groups is 1. The predicted molar refractivity (Wildman–Crippen MR) is 64.7 cm³/mol. The molecule has 0 aromatic carbocycles. The van der Waals surface area contributed by atoms with Crippen LogP contribution in [0.2, 0.25) is 0 Å². The molecule has 17 heavy (non-hydrogen) atoms. The monoisotopic (exact) mass is 271 g/mol. The molecule has 0 radical (unpaired) electrons. The van der Waals surface area contributed by atoms with Gasteiger partial charge in [-0.05, 0) is 19.4 Å². The van der Waals surface area contributed by atoms with Crippen molar-refractivity contribution in [2.45, 2.75) is 13.8 Å². The highest BCUT2D eigenvalue weighted by Crippen LogP contribution is 2.31. The molecule has 90 valence electrons. The van der Waals surface area contributed by atoms with Gasteiger partial charge in [0.1, 0.15) is 0 Å². The fourth-order valence-corrected chi connectivity index (χ4v) is 2.76. The third kappa shape index (κ3) is 2.29. The van der Waals surface area contributed by atoms with E-state index in [9.17, 15) is 9.59 Å². The van der Waals surface area contributed by atoms with Crippen molar-refractivity contribution in [3.63, 3.8) is 0 Å². The number of ether oxygens (including phenoxy) is 1. The number of rotatable bonds is 3. The minimum absolute atomic E-state index is 0.262. The quantitative estimate of drug-likeness (QED) is 0.801. The Labute approximate surface area is 105 Å². The zero-order valence-corrected chi connectivity index (χ0v) is 10.8. The lowest BCUT2D eigenvalue weighted by molar-refractivity contribution is 0.0526. The summed E-state index contributed by atoms with van der Waals surface area (Å²) in [5, 5.41) is 1.68. The largest absolute Gasteiger partial charge is 0.462 e. The molecule has 0 amide bonds. The summed E-state index contributed by atoms with van der Waals surface area (Å²) in [6.45, 7) is 3.85. The summed E-state index contributed by atoms with van der Waals surface area (Å²) in [6, 6.07) is 0. The van der Waals surface area contributed by atoms with Gasteiger partial charge in [-0.2, -0.15) is 0 Å². The summed E-state index contributed by atoms with van der Waals surface area (Å²) >= 11 is 2.06. The van der Waals surface area contributed by atoms with Gasteiger partial charge in [-0.3, -0.25) is 0 Å². The molecule has 0 aliphatic rings. The van der Waals surface area contributed by atoms with Crippen LogP contribution in [0.4, 0.5) is 0 Å². The Hall–Kier alpha value is -1.47. The normalized spacial score (nSPS) is 10.5. The van der Waals surface area contributed by atoms with Crippen molar-refractivity contribution < 1.29 is 13.9 Å². The molecule has 0 N–H and O–H groups in total. The first-order valence-electron chi connectivity index (χ1n) is 4.86. The van der Waals surface area contributed by atoms with Crippen LogP contribution in [0.1, 0.15) is 22.8 Å². The second-order valence-corrected chi connectivity index (χ2v) is 4.74. The molecule has 5 nitrogen and oxygen atoms in total. The lowest BCUT2D eigenvalue weighted by Crippen LogP contribution is -2.04. The molecule has 0 aliphatic heterocycles. The molecule has 2 heterocycles. The van der Waals surface area contributed by atoms with Crippen LogP contribution in [0.5, 0.6) is 0 Å². The Morgan fingerprint density at radius 1 is 1.59 bits per heavy atom. The van der Waals surface area contributed by atoms with Crippen molar-refractivity contribution in [3.8, 4) is 10.8 Å². The van der Waals surface area contributed by atoms with E-state index in [0.717, 1.165) is 17.1 Å². The zero-order valence-electron chi connectivity index (χ0n) is 9.18. The second kappa shape index (κ2) is 4.80. The molecule has 0 fully saturated rings. The average molecular weight is 271 g/mol. The summed E-state index contributed by atoms with van der Waals surface area (Å²) in [7, 11) is 0. The topological polar surface area (TPSA) is 69.4 Å². The van der Waals surface area contributed by atoms with E-state index in [2.05, 4.69) is 4.37 Å². The van der Waals surface area contributed by atoms with Gasteiger partial charge in [0, 0.05) is 5.38 Å². The van der Waals surface area contributed by atoms with Crippen molar-refractivity contribution in [2.24, 2.45) is 0 Å². The maximum absolute atomic E-state index is 11.6. The van der Waals surface area contributed by atoms with Crippen molar-refractivity contribution in [1.82, 2.24) is 4.37 Å². The van der Waals surface area contributed by atoms with Gasteiger partial charge in [0.15, 0.2) is 0 Å². The first kappa shape index (κ1) is 12.0. The molecule has 0 saturated heterocycles. The molecular weight excluding hydrogens is 262 g/mol. The fraction of sp³-hybridized carbons (Fsp3) is 0.300. The molecule has 0 spiro atoms. The van der Waals surface area contributed by atoms with Crippen LogP contribution in [0, 0.1) is 6.92 Å². The van der Waals surface area contributed by atoms with Gasteiger partial charge in [0.05, 0.1) is 28.6 Å². The number of hydrogen-bond donors (Lipinski definition) is 0. The number of thiophene rings is 1. The Bertz CT molecular complexity index is 595. The average Bonchev–Trinajstić information content (AvgIpc) is 2.85. The van der Waals surface area contributed by atoms with E-state index in [1.165, 1.54) is 11.3 Å². The maximum Gasteiger partial charge on any atom is 0.414 e. The van der Waals surface area contributed by atoms with E-state index in [-0.39, 0.29) is 11.9 Å². The summed E-state index contributed by atoms with van der Waals surface area (Å²) < 4.78 is 13.7. The fourth-order valence-electron chi connectivity index (χ4n) is 1.32. The van der Waals surface area contributed by atoms with E-state index < -0.39 is 4.94 Å². The summed E-state index contributed by atoms with van der Waals surface area (Å²) in [6.07, 6.45) is 0. The van der Waals surface area contributed by atoms with Crippen molar-refractivity contribution in [1.29, 1.82) is 0 Å². The number of hydrogen-bond acceptors (Lipinski definition) is 7. The third-order valence-electron chi connectivity index (χ3n) is 2.11. The smallest absolute Gasteiger partial charge is 0.414 e. The minimum atomic E-state index is -0.453. The highest BCUT2D eigenvalue weighted by molar-refractivity contribution is 7.14.